The van der Waals surface area contributed by atoms with Gasteiger partial charge in [0, 0.05) is 6.07 Å². The Kier molecular flexibility index (Phi) is 3.08. The Hall–Kier alpha value is -1.56. The van der Waals surface area contributed by atoms with E-state index in [1.807, 2.05) is 0 Å². The molecule has 0 fully saturated rings. The Bertz CT molecular complexity index is 391. The van der Waals surface area contributed by atoms with Gasteiger partial charge in [-0.05, 0) is 30.3 Å². The molecular formula is C8H7NO4S. The van der Waals surface area contributed by atoms with E-state index in [1.54, 1.807) is 13.0 Å². The first kappa shape index (κ1) is 10.5. The van der Waals surface area contributed by atoms with Crippen molar-refractivity contribution in [2.45, 2.75) is 11.8 Å². The van der Waals surface area contributed by atoms with Crippen LogP contribution in [0.3, 0.4) is 0 Å². The molecule has 0 aliphatic rings. The molecular weight excluding hydrogens is 206 g/mol. The van der Waals surface area contributed by atoms with E-state index in [2.05, 4.69) is 0 Å². The van der Waals surface area contributed by atoms with Crippen LogP contribution < -0.4 is 0 Å². The lowest BCUT2D eigenvalue weighted by Crippen LogP contribution is -1.93. The van der Waals surface area contributed by atoms with Crippen molar-refractivity contribution in [3.05, 3.63) is 33.9 Å². The van der Waals surface area contributed by atoms with Gasteiger partial charge in [-0.15, -0.1) is 0 Å². The average molecular weight is 213 g/mol. The minimum atomic E-state index is -1.15. The summed E-state index contributed by atoms with van der Waals surface area (Å²) in [5, 5.41) is 17.9. The topological polar surface area (TPSA) is 80.4 Å². The zero-order valence-corrected chi connectivity index (χ0v) is 8.08. The van der Waals surface area contributed by atoms with Gasteiger partial charge in [-0.2, -0.15) is 0 Å². The number of nitro benzene ring substituents is 1. The van der Waals surface area contributed by atoms with Crippen molar-refractivity contribution in [2.24, 2.45) is 0 Å². The van der Waals surface area contributed by atoms with E-state index in [0.29, 0.717) is 11.8 Å². The van der Waals surface area contributed by atoms with Gasteiger partial charge in [0.25, 0.3) is 5.69 Å². The maximum atomic E-state index is 10.5. The Morgan fingerprint density at radius 2 is 2.21 bits per heavy atom. The van der Waals surface area contributed by atoms with Gasteiger partial charge in [0.2, 0.25) is 0 Å². The van der Waals surface area contributed by atoms with Crippen molar-refractivity contribution in [3.8, 4) is 0 Å². The first-order valence-corrected chi connectivity index (χ1v) is 4.48. The summed E-state index contributed by atoms with van der Waals surface area (Å²) < 4.78 is 0. The van der Waals surface area contributed by atoms with Crippen LogP contribution in [-0.2, 0) is 0 Å². The highest BCUT2D eigenvalue weighted by Crippen LogP contribution is 2.30. The molecule has 0 aromatic heterocycles. The van der Waals surface area contributed by atoms with Gasteiger partial charge in [-0.1, -0.05) is 6.07 Å². The number of hydrogen-bond donors (Lipinski definition) is 1. The van der Waals surface area contributed by atoms with Crippen LogP contribution in [0.2, 0.25) is 0 Å². The smallest absolute Gasteiger partial charge is 0.369 e. The summed E-state index contributed by atoms with van der Waals surface area (Å²) in [7, 11) is 0. The van der Waals surface area contributed by atoms with E-state index in [-0.39, 0.29) is 10.6 Å². The van der Waals surface area contributed by atoms with Crippen LogP contribution in [-0.4, -0.2) is 15.3 Å². The minimum absolute atomic E-state index is 0.155. The fraction of sp³-hybridized carbons (Fsp3) is 0.125. The zero-order valence-electron chi connectivity index (χ0n) is 7.26. The molecule has 0 aliphatic heterocycles. The molecule has 0 spiro atoms. The molecule has 1 N–H and O–H groups in total. The molecule has 0 heterocycles. The molecule has 0 radical (unpaired) electrons. The van der Waals surface area contributed by atoms with Crippen molar-refractivity contribution >= 4 is 22.8 Å². The second-order valence-corrected chi connectivity index (χ2v) is 3.59. The maximum Gasteiger partial charge on any atom is 0.369 e. The Balaban J connectivity index is 3.15. The highest BCUT2D eigenvalue weighted by Gasteiger charge is 2.16. The summed E-state index contributed by atoms with van der Waals surface area (Å²) >= 11 is 0.443. The molecule has 1 aromatic carbocycles. The van der Waals surface area contributed by atoms with Gasteiger partial charge < -0.3 is 5.11 Å². The van der Waals surface area contributed by atoms with E-state index in [9.17, 15) is 14.9 Å². The second kappa shape index (κ2) is 4.10. The average Bonchev–Trinajstić information content (AvgIpc) is 2.01. The number of nitrogens with zero attached hydrogens (tertiary/aromatic N) is 1. The first-order valence-electron chi connectivity index (χ1n) is 3.66. The largest absolute Gasteiger partial charge is 0.473 e. The Morgan fingerprint density at radius 3 is 2.71 bits per heavy atom. The second-order valence-electron chi connectivity index (χ2n) is 2.60. The summed E-state index contributed by atoms with van der Waals surface area (Å²) in [6.45, 7) is 1.75. The third kappa shape index (κ3) is 2.46. The summed E-state index contributed by atoms with van der Waals surface area (Å²) in [6.07, 6.45) is 0. The van der Waals surface area contributed by atoms with Gasteiger partial charge in [-0.3, -0.25) is 10.1 Å². The van der Waals surface area contributed by atoms with Crippen molar-refractivity contribution in [3.63, 3.8) is 0 Å². The van der Waals surface area contributed by atoms with Gasteiger partial charge in [0.1, 0.15) is 0 Å². The summed E-state index contributed by atoms with van der Waals surface area (Å²) in [4.78, 5) is 20.5. The minimum Gasteiger partial charge on any atom is -0.473 e. The molecule has 0 atom stereocenters. The Morgan fingerprint density at radius 1 is 1.57 bits per heavy atom. The van der Waals surface area contributed by atoms with Crippen LogP contribution >= 0.6 is 11.8 Å². The number of thioether (sulfide) groups is 1. The number of carbonyl (C=O) groups is 1. The molecule has 1 rings (SSSR count). The SMILES string of the molecule is Cc1ccc([N+](=O)[O-])c(SC(=O)O)c1. The molecule has 0 saturated carbocycles. The quantitative estimate of drug-likeness (QED) is 0.464. The van der Waals surface area contributed by atoms with E-state index in [0.717, 1.165) is 5.56 Å². The van der Waals surface area contributed by atoms with Gasteiger partial charge in [0.15, 0.2) is 0 Å². The maximum absolute atomic E-state index is 10.5. The Labute approximate surface area is 83.9 Å². The normalized spacial score (nSPS) is 9.79. The zero-order chi connectivity index (χ0) is 10.7. The first-order chi connectivity index (χ1) is 6.50. The molecule has 0 unspecified atom stereocenters. The van der Waals surface area contributed by atoms with Gasteiger partial charge >= 0.3 is 5.30 Å². The van der Waals surface area contributed by atoms with E-state index >= 15 is 0 Å². The molecule has 6 heteroatoms. The van der Waals surface area contributed by atoms with E-state index in [4.69, 9.17) is 5.11 Å². The summed E-state index contributed by atoms with van der Waals surface area (Å²) in [6, 6.07) is 4.36. The molecule has 0 saturated heterocycles. The highest BCUT2D eigenvalue weighted by atomic mass is 32.2. The third-order valence-corrected chi connectivity index (χ3v) is 2.23. The number of hydrogen-bond acceptors (Lipinski definition) is 4. The van der Waals surface area contributed by atoms with E-state index in [1.165, 1.54) is 12.1 Å². The number of benzene rings is 1. The van der Waals surface area contributed by atoms with Crippen molar-refractivity contribution in [1.29, 1.82) is 0 Å². The lowest BCUT2D eigenvalue weighted by Gasteiger charge is -1.99. The number of carboxylic acid groups (broad SMARTS) is 1. The molecule has 5 nitrogen and oxygen atoms in total. The molecule has 1 aromatic rings. The number of nitro groups is 1. The molecule has 14 heavy (non-hydrogen) atoms. The highest BCUT2D eigenvalue weighted by molar-refractivity contribution is 8.13. The van der Waals surface area contributed by atoms with Crippen molar-refractivity contribution < 1.29 is 14.8 Å². The predicted octanol–water partition coefficient (Wildman–Crippen LogP) is 2.67. The molecule has 0 bridgehead atoms. The van der Waals surface area contributed by atoms with Gasteiger partial charge in [0.05, 0.1) is 9.82 Å². The number of rotatable bonds is 2. The molecule has 74 valence electrons. The molecule has 0 aliphatic carbocycles. The summed E-state index contributed by atoms with van der Waals surface area (Å²) in [5.74, 6) is 0. The van der Waals surface area contributed by atoms with E-state index < -0.39 is 10.2 Å². The van der Waals surface area contributed by atoms with Crippen LogP contribution in [0.25, 0.3) is 0 Å². The lowest BCUT2D eigenvalue weighted by atomic mass is 10.2. The van der Waals surface area contributed by atoms with Crippen LogP contribution in [0.5, 0.6) is 0 Å². The third-order valence-electron chi connectivity index (χ3n) is 1.51. The van der Waals surface area contributed by atoms with Crippen molar-refractivity contribution in [1.82, 2.24) is 0 Å². The monoisotopic (exact) mass is 213 g/mol. The lowest BCUT2D eigenvalue weighted by molar-refractivity contribution is -0.387. The molecule has 0 amide bonds. The standard InChI is InChI=1S/C8H7NO4S/c1-5-2-3-6(9(12)13)7(4-5)14-8(10)11/h2-4H,1H3,(H,10,11). The van der Waals surface area contributed by atoms with Crippen LogP contribution in [0.1, 0.15) is 5.56 Å². The number of aryl methyl sites for hydroxylation is 1. The van der Waals surface area contributed by atoms with Crippen molar-refractivity contribution in [2.75, 3.05) is 0 Å². The van der Waals surface area contributed by atoms with Crippen LogP contribution in [0.15, 0.2) is 23.1 Å². The van der Waals surface area contributed by atoms with Crippen LogP contribution in [0, 0.1) is 17.0 Å². The van der Waals surface area contributed by atoms with Gasteiger partial charge in [-0.25, -0.2) is 4.79 Å². The fourth-order valence-corrected chi connectivity index (χ4v) is 1.63. The fourth-order valence-electron chi connectivity index (χ4n) is 0.948. The predicted molar refractivity (Wildman–Crippen MR) is 51.7 cm³/mol. The summed E-state index contributed by atoms with van der Waals surface area (Å²) in [5.41, 5.74) is 0.613. The van der Waals surface area contributed by atoms with Crippen LogP contribution in [0.4, 0.5) is 10.5 Å².